The van der Waals surface area contributed by atoms with Gasteiger partial charge in [-0.05, 0) is 36.6 Å². The summed E-state index contributed by atoms with van der Waals surface area (Å²) in [6.07, 6.45) is 3.71. The van der Waals surface area contributed by atoms with E-state index in [2.05, 4.69) is 34.2 Å². The van der Waals surface area contributed by atoms with Gasteiger partial charge in [0.15, 0.2) is 0 Å². The number of aromatic nitrogens is 2. The van der Waals surface area contributed by atoms with Gasteiger partial charge in [0, 0.05) is 11.2 Å². The normalized spacial score (nSPS) is 10.8. The molecular formula is C16H13ClN2. The highest BCUT2D eigenvalue weighted by Crippen LogP contribution is 2.16. The first kappa shape index (κ1) is 12.1. The third-order valence-electron chi connectivity index (χ3n) is 3.07. The lowest BCUT2D eigenvalue weighted by molar-refractivity contribution is 0.912. The molecule has 3 heteroatoms. The van der Waals surface area contributed by atoms with Gasteiger partial charge in [-0.25, -0.2) is 4.98 Å². The van der Waals surface area contributed by atoms with Crippen LogP contribution in [0, 0.1) is 0 Å². The van der Waals surface area contributed by atoms with E-state index in [0.717, 1.165) is 29.6 Å². The van der Waals surface area contributed by atoms with Gasteiger partial charge < -0.3 is 0 Å². The van der Waals surface area contributed by atoms with Gasteiger partial charge in [-0.2, -0.15) is 0 Å². The molecule has 0 aliphatic rings. The van der Waals surface area contributed by atoms with E-state index >= 15 is 0 Å². The van der Waals surface area contributed by atoms with Crippen LogP contribution >= 0.6 is 11.6 Å². The van der Waals surface area contributed by atoms with E-state index in [9.17, 15) is 0 Å². The van der Waals surface area contributed by atoms with Crippen molar-refractivity contribution in [2.24, 2.45) is 0 Å². The Kier molecular flexibility index (Phi) is 3.43. The summed E-state index contributed by atoms with van der Waals surface area (Å²) in [6, 6.07) is 16.0. The van der Waals surface area contributed by atoms with Gasteiger partial charge in [-0.1, -0.05) is 41.9 Å². The molecule has 19 heavy (non-hydrogen) atoms. The highest BCUT2D eigenvalue weighted by Gasteiger charge is 2.01. The van der Waals surface area contributed by atoms with Crippen LogP contribution < -0.4 is 0 Å². The van der Waals surface area contributed by atoms with Crippen molar-refractivity contribution < 1.29 is 0 Å². The first-order chi connectivity index (χ1) is 9.31. The van der Waals surface area contributed by atoms with Gasteiger partial charge in [0.25, 0.3) is 0 Å². The van der Waals surface area contributed by atoms with E-state index in [1.807, 2.05) is 30.5 Å². The summed E-state index contributed by atoms with van der Waals surface area (Å²) < 4.78 is 0. The molecule has 0 saturated carbocycles. The molecule has 3 aromatic rings. The van der Waals surface area contributed by atoms with Crippen molar-refractivity contribution in [3.63, 3.8) is 0 Å². The third kappa shape index (κ3) is 2.91. The highest BCUT2D eigenvalue weighted by atomic mass is 35.5. The summed E-state index contributed by atoms with van der Waals surface area (Å²) in [6.45, 7) is 0. The second kappa shape index (κ2) is 5.37. The Labute approximate surface area is 117 Å². The molecule has 1 heterocycles. The van der Waals surface area contributed by atoms with Crippen LogP contribution in [0.1, 0.15) is 11.3 Å². The van der Waals surface area contributed by atoms with E-state index in [1.54, 1.807) is 0 Å². The molecule has 2 nitrogen and oxygen atoms in total. The lowest BCUT2D eigenvalue weighted by atomic mass is 10.1. The van der Waals surface area contributed by atoms with Gasteiger partial charge >= 0.3 is 0 Å². The van der Waals surface area contributed by atoms with Crippen LogP contribution in [0.3, 0.4) is 0 Å². The van der Waals surface area contributed by atoms with Crippen molar-refractivity contribution in [2.45, 2.75) is 12.8 Å². The molecule has 0 bridgehead atoms. The van der Waals surface area contributed by atoms with E-state index in [-0.39, 0.29) is 0 Å². The lowest BCUT2D eigenvalue weighted by Crippen LogP contribution is -1.96. The maximum absolute atomic E-state index is 5.93. The molecule has 0 spiro atoms. The highest BCUT2D eigenvalue weighted by molar-refractivity contribution is 6.31. The zero-order valence-electron chi connectivity index (χ0n) is 10.4. The smallest absolute Gasteiger partial charge is 0.0901 e. The Morgan fingerprint density at radius 2 is 1.74 bits per heavy atom. The number of aryl methyl sites for hydroxylation is 2. The molecule has 0 unspecified atom stereocenters. The molecule has 0 radical (unpaired) electrons. The van der Waals surface area contributed by atoms with E-state index in [0.29, 0.717) is 5.02 Å². The van der Waals surface area contributed by atoms with Crippen molar-refractivity contribution in [1.82, 2.24) is 9.97 Å². The summed E-state index contributed by atoms with van der Waals surface area (Å²) in [7, 11) is 0. The van der Waals surface area contributed by atoms with E-state index in [4.69, 9.17) is 11.6 Å². The third-order valence-corrected chi connectivity index (χ3v) is 3.30. The van der Waals surface area contributed by atoms with Gasteiger partial charge in [0.05, 0.1) is 16.7 Å². The van der Waals surface area contributed by atoms with Crippen LogP contribution in [-0.2, 0) is 12.8 Å². The number of hydrogen-bond donors (Lipinski definition) is 0. The molecule has 94 valence electrons. The quantitative estimate of drug-likeness (QED) is 0.716. The van der Waals surface area contributed by atoms with Crippen LogP contribution in [0.25, 0.3) is 11.0 Å². The van der Waals surface area contributed by atoms with Crippen LogP contribution in [0.15, 0.2) is 54.7 Å². The maximum Gasteiger partial charge on any atom is 0.0901 e. The molecule has 0 aliphatic carbocycles. The number of rotatable bonds is 3. The summed E-state index contributed by atoms with van der Waals surface area (Å²) in [5, 5.41) is 0.693. The summed E-state index contributed by atoms with van der Waals surface area (Å²) in [5.74, 6) is 0. The Morgan fingerprint density at radius 1 is 0.895 bits per heavy atom. The Bertz CT molecular complexity index is 695. The molecule has 0 amide bonds. The summed E-state index contributed by atoms with van der Waals surface area (Å²) >= 11 is 5.93. The number of halogens is 1. The minimum Gasteiger partial charge on any atom is -0.253 e. The molecular weight excluding hydrogens is 256 g/mol. The molecule has 0 aliphatic heterocycles. The van der Waals surface area contributed by atoms with Gasteiger partial charge in [0.2, 0.25) is 0 Å². The van der Waals surface area contributed by atoms with Gasteiger partial charge in [0.1, 0.15) is 0 Å². The average Bonchev–Trinajstić information content (AvgIpc) is 2.46. The minimum atomic E-state index is 0.693. The Morgan fingerprint density at radius 3 is 2.58 bits per heavy atom. The largest absolute Gasteiger partial charge is 0.253 e. The van der Waals surface area contributed by atoms with E-state index in [1.165, 1.54) is 5.56 Å². The zero-order valence-corrected chi connectivity index (χ0v) is 11.1. The molecule has 0 saturated heterocycles. The van der Waals surface area contributed by atoms with Crippen molar-refractivity contribution >= 4 is 22.6 Å². The van der Waals surface area contributed by atoms with Crippen molar-refractivity contribution in [3.05, 3.63) is 71.0 Å². The van der Waals surface area contributed by atoms with Gasteiger partial charge in [-0.15, -0.1) is 0 Å². The second-order valence-corrected chi connectivity index (χ2v) is 4.92. The monoisotopic (exact) mass is 268 g/mol. The molecule has 2 aromatic carbocycles. The number of hydrogen-bond acceptors (Lipinski definition) is 2. The first-order valence-corrected chi connectivity index (χ1v) is 6.64. The topological polar surface area (TPSA) is 25.8 Å². The molecule has 1 aromatic heterocycles. The van der Waals surface area contributed by atoms with Crippen LogP contribution in [0.4, 0.5) is 0 Å². The second-order valence-electron chi connectivity index (χ2n) is 4.48. The average molecular weight is 269 g/mol. The number of benzene rings is 2. The van der Waals surface area contributed by atoms with Crippen LogP contribution in [0.5, 0.6) is 0 Å². The van der Waals surface area contributed by atoms with Gasteiger partial charge in [-0.3, -0.25) is 4.98 Å². The Balaban J connectivity index is 1.80. The summed E-state index contributed by atoms with van der Waals surface area (Å²) in [5.41, 5.74) is 4.07. The number of nitrogens with zero attached hydrogens (tertiary/aromatic N) is 2. The summed E-state index contributed by atoms with van der Waals surface area (Å²) in [4.78, 5) is 9.02. The fourth-order valence-corrected chi connectivity index (χ4v) is 2.23. The van der Waals surface area contributed by atoms with Crippen LogP contribution in [-0.4, -0.2) is 9.97 Å². The van der Waals surface area contributed by atoms with Crippen molar-refractivity contribution in [2.75, 3.05) is 0 Å². The van der Waals surface area contributed by atoms with Crippen LogP contribution in [0.2, 0.25) is 5.02 Å². The first-order valence-electron chi connectivity index (χ1n) is 6.26. The fourth-order valence-electron chi connectivity index (χ4n) is 2.06. The molecule has 0 N–H and O–H groups in total. The maximum atomic E-state index is 5.93. The minimum absolute atomic E-state index is 0.693. The molecule has 3 rings (SSSR count). The number of fused-ring (bicyclic) bond motifs is 1. The van der Waals surface area contributed by atoms with Crippen molar-refractivity contribution in [3.8, 4) is 0 Å². The molecule has 0 atom stereocenters. The fraction of sp³-hybridized carbons (Fsp3) is 0.125. The van der Waals surface area contributed by atoms with E-state index < -0.39 is 0 Å². The lowest BCUT2D eigenvalue weighted by Gasteiger charge is -2.03. The zero-order chi connectivity index (χ0) is 13.1. The Hall–Kier alpha value is -1.93. The standard InChI is InChI=1S/C16H13ClN2/c17-13-7-9-15-16(10-13)18-11-14(19-15)8-6-12-4-2-1-3-5-12/h1-5,7,9-11H,6,8H2. The predicted molar refractivity (Wildman–Crippen MR) is 78.4 cm³/mol. The molecule has 0 fully saturated rings. The SMILES string of the molecule is Clc1ccc2nc(CCc3ccccc3)cnc2c1. The predicted octanol–water partition coefficient (Wildman–Crippen LogP) is 4.07. The van der Waals surface area contributed by atoms with Crippen molar-refractivity contribution in [1.29, 1.82) is 0 Å².